The molecule has 0 radical (unpaired) electrons. The molecule has 0 fully saturated rings. The Balaban J connectivity index is 2.01. The summed E-state index contributed by atoms with van der Waals surface area (Å²) in [5.41, 5.74) is 0.536. The highest BCUT2D eigenvalue weighted by Crippen LogP contribution is 2.28. The first-order valence-corrected chi connectivity index (χ1v) is 8.18. The number of hydrogen-bond donors (Lipinski definition) is 1. The molecule has 1 N–H and O–H groups in total. The number of benzene rings is 1. The summed E-state index contributed by atoms with van der Waals surface area (Å²) in [6.07, 6.45) is 1.76. The molecule has 0 spiro atoms. The van der Waals surface area contributed by atoms with Crippen molar-refractivity contribution >= 4 is 35.0 Å². The fourth-order valence-corrected chi connectivity index (χ4v) is 2.87. The van der Waals surface area contributed by atoms with Crippen molar-refractivity contribution in [3.05, 3.63) is 41.7 Å². The van der Waals surface area contributed by atoms with Crippen molar-refractivity contribution in [2.75, 3.05) is 18.2 Å². The van der Waals surface area contributed by atoms with Crippen LogP contribution in [0.4, 0.5) is 5.69 Å². The zero-order valence-electron chi connectivity index (χ0n) is 12.9. The summed E-state index contributed by atoms with van der Waals surface area (Å²) in [6, 6.07) is 5.05. The molecule has 1 aromatic carbocycles. The van der Waals surface area contributed by atoms with Gasteiger partial charge in [-0.15, -0.1) is 16.8 Å². The molecule has 0 bridgehead atoms. The van der Waals surface area contributed by atoms with E-state index in [4.69, 9.17) is 16.3 Å². The molecule has 23 heavy (non-hydrogen) atoms. The number of anilines is 1. The SMILES string of the molecule is C=CCn1c(C)nnc1SCC(=O)Nc1cc(Cl)ccc1OC. The van der Waals surface area contributed by atoms with Crippen molar-refractivity contribution in [2.24, 2.45) is 0 Å². The Morgan fingerprint density at radius 2 is 2.30 bits per heavy atom. The molecule has 1 heterocycles. The lowest BCUT2D eigenvalue weighted by atomic mass is 10.3. The number of carbonyl (C=O) groups excluding carboxylic acids is 1. The van der Waals surface area contributed by atoms with Gasteiger partial charge in [0.1, 0.15) is 11.6 Å². The van der Waals surface area contributed by atoms with Gasteiger partial charge in [0.15, 0.2) is 5.16 Å². The van der Waals surface area contributed by atoms with Gasteiger partial charge in [0.05, 0.1) is 18.6 Å². The largest absolute Gasteiger partial charge is 0.495 e. The van der Waals surface area contributed by atoms with Crippen molar-refractivity contribution in [2.45, 2.75) is 18.6 Å². The lowest BCUT2D eigenvalue weighted by Crippen LogP contribution is -2.15. The molecule has 0 saturated carbocycles. The smallest absolute Gasteiger partial charge is 0.234 e. The maximum Gasteiger partial charge on any atom is 0.234 e. The van der Waals surface area contributed by atoms with E-state index in [9.17, 15) is 4.79 Å². The monoisotopic (exact) mass is 352 g/mol. The zero-order chi connectivity index (χ0) is 16.8. The third-order valence-electron chi connectivity index (χ3n) is 2.98. The molecular weight excluding hydrogens is 336 g/mol. The normalized spacial score (nSPS) is 10.4. The molecular formula is C15H17ClN4O2S. The molecule has 2 aromatic rings. The van der Waals surface area contributed by atoms with Crippen molar-refractivity contribution < 1.29 is 9.53 Å². The molecule has 0 aliphatic heterocycles. The van der Waals surface area contributed by atoms with Gasteiger partial charge < -0.3 is 14.6 Å². The third kappa shape index (κ3) is 4.49. The van der Waals surface area contributed by atoms with E-state index in [0.29, 0.717) is 28.2 Å². The molecule has 0 atom stereocenters. The van der Waals surface area contributed by atoms with E-state index in [0.717, 1.165) is 5.82 Å². The Morgan fingerprint density at radius 3 is 3.00 bits per heavy atom. The molecule has 1 amide bonds. The van der Waals surface area contributed by atoms with Gasteiger partial charge in [0.25, 0.3) is 0 Å². The Hall–Kier alpha value is -1.99. The van der Waals surface area contributed by atoms with Crippen LogP contribution in [0.3, 0.4) is 0 Å². The number of halogens is 1. The van der Waals surface area contributed by atoms with Gasteiger partial charge in [-0.3, -0.25) is 4.79 Å². The van der Waals surface area contributed by atoms with Crippen LogP contribution < -0.4 is 10.1 Å². The zero-order valence-corrected chi connectivity index (χ0v) is 14.4. The molecule has 1 aromatic heterocycles. The number of amides is 1. The van der Waals surface area contributed by atoms with Crippen LogP contribution in [-0.4, -0.2) is 33.5 Å². The predicted octanol–water partition coefficient (Wildman–Crippen LogP) is 3.17. The molecule has 0 unspecified atom stereocenters. The fourth-order valence-electron chi connectivity index (χ4n) is 1.90. The van der Waals surface area contributed by atoms with E-state index in [1.807, 2.05) is 11.5 Å². The van der Waals surface area contributed by atoms with Crippen LogP contribution in [0.5, 0.6) is 5.75 Å². The molecule has 0 aliphatic rings. The van der Waals surface area contributed by atoms with E-state index in [1.165, 1.54) is 18.9 Å². The Kier molecular flexibility index (Phi) is 6.06. The van der Waals surface area contributed by atoms with Crippen LogP contribution in [-0.2, 0) is 11.3 Å². The number of allylic oxidation sites excluding steroid dienone is 1. The van der Waals surface area contributed by atoms with Gasteiger partial charge in [-0.25, -0.2) is 0 Å². The lowest BCUT2D eigenvalue weighted by Gasteiger charge is -2.10. The molecule has 2 rings (SSSR count). The number of nitrogens with zero attached hydrogens (tertiary/aromatic N) is 3. The summed E-state index contributed by atoms with van der Waals surface area (Å²) in [4.78, 5) is 12.1. The Morgan fingerprint density at radius 1 is 1.52 bits per heavy atom. The minimum atomic E-state index is -0.179. The second-order valence-electron chi connectivity index (χ2n) is 4.61. The second-order valence-corrected chi connectivity index (χ2v) is 5.99. The quantitative estimate of drug-likeness (QED) is 0.612. The van der Waals surface area contributed by atoms with Crippen molar-refractivity contribution in [3.8, 4) is 5.75 Å². The number of nitrogens with one attached hydrogen (secondary N) is 1. The number of rotatable bonds is 7. The highest BCUT2D eigenvalue weighted by atomic mass is 35.5. The second kappa shape index (κ2) is 8.03. The number of ether oxygens (including phenoxy) is 1. The van der Waals surface area contributed by atoms with Crippen molar-refractivity contribution in [1.29, 1.82) is 0 Å². The van der Waals surface area contributed by atoms with Gasteiger partial charge in [0.2, 0.25) is 5.91 Å². The topological polar surface area (TPSA) is 69.0 Å². The fraction of sp³-hybridized carbons (Fsp3) is 0.267. The number of aromatic nitrogens is 3. The lowest BCUT2D eigenvalue weighted by molar-refractivity contribution is -0.113. The first kappa shape index (κ1) is 17.4. The van der Waals surface area contributed by atoms with E-state index in [2.05, 4.69) is 22.1 Å². The summed E-state index contributed by atoms with van der Waals surface area (Å²) in [7, 11) is 1.54. The number of carbonyl (C=O) groups is 1. The van der Waals surface area contributed by atoms with Gasteiger partial charge in [-0.05, 0) is 25.1 Å². The summed E-state index contributed by atoms with van der Waals surface area (Å²) in [5.74, 6) is 1.36. The third-order valence-corrected chi connectivity index (χ3v) is 4.18. The van der Waals surface area contributed by atoms with Gasteiger partial charge in [0, 0.05) is 11.6 Å². The molecule has 0 saturated heterocycles. The standard InChI is InChI=1S/C15H17ClN4O2S/c1-4-7-20-10(2)18-19-15(20)23-9-14(21)17-12-8-11(16)5-6-13(12)22-3/h4-6,8H,1,7,9H2,2-3H3,(H,17,21). The predicted molar refractivity (Wildman–Crippen MR) is 92.3 cm³/mol. The van der Waals surface area contributed by atoms with Crippen LogP contribution >= 0.6 is 23.4 Å². The summed E-state index contributed by atoms with van der Waals surface area (Å²) >= 11 is 7.25. The maximum atomic E-state index is 12.1. The van der Waals surface area contributed by atoms with Crippen LogP contribution in [0.2, 0.25) is 5.02 Å². The van der Waals surface area contributed by atoms with Crippen LogP contribution in [0.1, 0.15) is 5.82 Å². The van der Waals surface area contributed by atoms with Crippen LogP contribution in [0.15, 0.2) is 36.0 Å². The van der Waals surface area contributed by atoms with E-state index >= 15 is 0 Å². The average Bonchev–Trinajstić information content (AvgIpc) is 2.87. The number of hydrogen-bond acceptors (Lipinski definition) is 5. The Labute approximate surface area is 143 Å². The van der Waals surface area contributed by atoms with Gasteiger partial charge >= 0.3 is 0 Å². The maximum absolute atomic E-state index is 12.1. The van der Waals surface area contributed by atoms with Crippen molar-refractivity contribution in [3.63, 3.8) is 0 Å². The highest BCUT2D eigenvalue weighted by Gasteiger charge is 2.12. The van der Waals surface area contributed by atoms with Gasteiger partial charge in [-0.2, -0.15) is 0 Å². The highest BCUT2D eigenvalue weighted by molar-refractivity contribution is 7.99. The first-order chi connectivity index (χ1) is 11.0. The number of methoxy groups -OCH3 is 1. The molecule has 8 heteroatoms. The van der Waals surface area contributed by atoms with Crippen LogP contribution in [0.25, 0.3) is 0 Å². The summed E-state index contributed by atoms with van der Waals surface area (Å²) < 4.78 is 7.09. The van der Waals surface area contributed by atoms with E-state index < -0.39 is 0 Å². The minimum absolute atomic E-state index is 0.179. The minimum Gasteiger partial charge on any atom is -0.495 e. The average molecular weight is 353 g/mol. The molecule has 0 aliphatic carbocycles. The Bertz CT molecular complexity index is 717. The summed E-state index contributed by atoms with van der Waals surface area (Å²) in [5, 5.41) is 12.1. The van der Waals surface area contributed by atoms with E-state index in [-0.39, 0.29) is 11.7 Å². The number of aryl methyl sites for hydroxylation is 1. The van der Waals surface area contributed by atoms with Crippen LogP contribution in [0, 0.1) is 6.92 Å². The van der Waals surface area contributed by atoms with Gasteiger partial charge in [-0.1, -0.05) is 29.4 Å². The van der Waals surface area contributed by atoms with Crippen molar-refractivity contribution in [1.82, 2.24) is 14.8 Å². The number of thioether (sulfide) groups is 1. The van der Waals surface area contributed by atoms with E-state index in [1.54, 1.807) is 24.3 Å². The first-order valence-electron chi connectivity index (χ1n) is 6.82. The molecule has 122 valence electrons. The summed E-state index contributed by atoms with van der Waals surface area (Å²) in [6.45, 7) is 6.17. The molecule has 6 nitrogen and oxygen atoms in total.